The number of unbranched alkanes of at least 4 members (excludes halogenated alkanes) is 3. The Hall–Kier alpha value is -1.35. The Labute approximate surface area is 109 Å². The third-order valence-corrected chi connectivity index (χ3v) is 2.76. The average Bonchev–Trinajstić information content (AvgIpc) is 2.42. The van der Waals surface area contributed by atoms with Gasteiger partial charge in [-0.15, -0.1) is 0 Å². The molecule has 0 aliphatic heterocycles. The van der Waals surface area contributed by atoms with E-state index in [1.165, 1.54) is 24.8 Å². The minimum atomic E-state index is 0.359. The Morgan fingerprint density at radius 1 is 0.889 bits per heavy atom. The molecule has 100 valence electrons. The van der Waals surface area contributed by atoms with E-state index in [4.69, 9.17) is 4.74 Å². The maximum Gasteiger partial charge on any atom is 0.293 e. The van der Waals surface area contributed by atoms with Crippen LogP contribution < -0.4 is 0 Å². The van der Waals surface area contributed by atoms with Gasteiger partial charge >= 0.3 is 0 Å². The first-order valence-electron chi connectivity index (χ1n) is 6.60. The fourth-order valence-corrected chi connectivity index (χ4v) is 1.79. The number of carbonyl (C=O) groups is 1. The van der Waals surface area contributed by atoms with Gasteiger partial charge in [-0.05, 0) is 24.8 Å². The summed E-state index contributed by atoms with van der Waals surface area (Å²) in [4.78, 5) is 9.85. The van der Waals surface area contributed by atoms with Gasteiger partial charge in [-0.2, -0.15) is 0 Å². The Kier molecular flexibility index (Phi) is 8.81. The van der Waals surface area contributed by atoms with Crippen molar-refractivity contribution >= 4 is 6.47 Å². The van der Waals surface area contributed by atoms with Crippen LogP contribution in [0.2, 0.25) is 0 Å². The smallest absolute Gasteiger partial charge is 0.293 e. The molecule has 0 aromatic heterocycles. The number of hydrogen-bond donors (Lipinski definition) is 0. The number of carbonyl (C=O) groups excluding carboxylic acids is 1. The van der Waals surface area contributed by atoms with E-state index in [0.29, 0.717) is 19.7 Å². The summed E-state index contributed by atoms with van der Waals surface area (Å²) in [5.74, 6) is 0. The molecule has 0 aliphatic carbocycles. The lowest BCUT2D eigenvalue weighted by molar-refractivity contribution is -0.130. The quantitative estimate of drug-likeness (QED) is 0.447. The highest BCUT2D eigenvalue weighted by Crippen LogP contribution is 2.07. The van der Waals surface area contributed by atoms with Gasteiger partial charge in [0, 0.05) is 6.61 Å². The highest BCUT2D eigenvalue weighted by molar-refractivity contribution is 5.36. The van der Waals surface area contributed by atoms with E-state index in [9.17, 15) is 4.79 Å². The number of hydrogen-bond acceptors (Lipinski definition) is 3. The van der Waals surface area contributed by atoms with Crippen LogP contribution in [-0.4, -0.2) is 26.3 Å². The number of ether oxygens (including phenoxy) is 2. The van der Waals surface area contributed by atoms with Gasteiger partial charge < -0.3 is 9.47 Å². The van der Waals surface area contributed by atoms with Gasteiger partial charge in [0.1, 0.15) is 6.61 Å². The molecule has 0 aliphatic rings. The van der Waals surface area contributed by atoms with Crippen LogP contribution in [0.1, 0.15) is 31.2 Å². The standard InChI is InChI=1S/C15H22O3/c16-14-18-13-12-17-11-7-2-1-4-8-15-9-5-3-6-10-15/h3,5-6,9-10,14H,1-2,4,7-8,11-13H2. The van der Waals surface area contributed by atoms with Crippen molar-refractivity contribution in [2.45, 2.75) is 32.1 Å². The summed E-state index contributed by atoms with van der Waals surface area (Å²) in [6.07, 6.45) is 5.91. The topological polar surface area (TPSA) is 35.5 Å². The van der Waals surface area contributed by atoms with Gasteiger partial charge in [0.05, 0.1) is 6.61 Å². The molecule has 1 aromatic carbocycles. The van der Waals surface area contributed by atoms with Crippen molar-refractivity contribution < 1.29 is 14.3 Å². The van der Waals surface area contributed by atoms with E-state index in [0.717, 1.165) is 19.4 Å². The summed E-state index contributed by atoms with van der Waals surface area (Å²) in [6.45, 7) is 2.07. The number of benzene rings is 1. The lowest BCUT2D eigenvalue weighted by Gasteiger charge is -2.04. The Bertz CT molecular complexity index is 298. The molecule has 3 heteroatoms. The molecule has 0 radical (unpaired) electrons. The van der Waals surface area contributed by atoms with Crippen LogP contribution in [-0.2, 0) is 20.7 Å². The molecule has 0 saturated heterocycles. The fraction of sp³-hybridized carbons (Fsp3) is 0.533. The zero-order valence-corrected chi connectivity index (χ0v) is 10.8. The number of rotatable bonds is 11. The van der Waals surface area contributed by atoms with Crippen LogP contribution in [0, 0.1) is 0 Å². The average molecular weight is 250 g/mol. The zero-order valence-electron chi connectivity index (χ0n) is 10.8. The van der Waals surface area contributed by atoms with Crippen molar-refractivity contribution in [3.8, 4) is 0 Å². The summed E-state index contributed by atoms with van der Waals surface area (Å²) in [6, 6.07) is 10.6. The summed E-state index contributed by atoms with van der Waals surface area (Å²) in [5.41, 5.74) is 1.42. The van der Waals surface area contributed by atoms with Crippen LogP contribution in [0.5, 0.6) is 0 Å². The highest BCUT2D eigenvalue weighted by atomic mass is 16.5. The minimum absolute atomic E-state index is 0.359. The molecule has 0 unspecified atom stereocenters. The summed E-state index contributed by atoms with van der Waals surface area (Å²) >= 11 is 0. The molecule has 0 atom stereocenters. The van der Waals surface area contributed by atoms with Crippen LogP contribution >= 0.6 is 0 Å². The van der Waals surface area contributed by atoms with Crippen molar-refractivity contribution in [3.63, 3.8) is 0 Å². The molecule has 0 amide bonds. The summed E-state index contributed by atoms with van der Waals surface area (Å²) in [5, 5.41) is 0. The second kappa shape index (κ2) is 10.8. The molecule has 0 fully saturated rings. The molecule has 0 saturated carbocycles. The van der Waals surface area contributed by atoms with Gasteiger partial charge in [0.25, 0.3) is 6.47 Å². The highest BCUT2D eigenvalue weighted by Gasteiger charge is 1.94. The first kappa shape index (κ1) is 14.7. The predicted molar refractivity (Wildman–Crippen MR) is 71.4 cm³/mol. The Morgan fingerprint density at radius 2 is 1.67 bits per heavy atom. The second-order valence-corrected chi connectivity index (χ2v) is 4.23. The molecule has 0 N–H and O–H groups in total. The van der Waals surface area contributed by atoms with E-state index < -0.39 is 0 Å². The van der Waals surface area contributed by atoms with Crippen molar-refractivity contribution in [3.05, 3.63) is 35.9 Å². The van der Waals surface area contributed by atoms with Crippen molar-refractivity contribution in [1.82, 2.24) is 0 Å². The third-order valence-electron chi connectivity index (χ3n) is 2.76. The maximum absolute atomic E-state index is 9.85. The van der Waals surface area contributed by atoms with E-state index in [2.05, 4.69) is 35.1 Å². The Morgan fingerprint density at radius 3 is 2.44 bits per heavy atom. The maximum atomic E-state index is 9.85. The molecule has 0 spiro atoms. The molecule has 3 nitrogen and oxygen atoms in total. The SMILES string of the molecule is O=COCCOCCCCCCc1ccccc1. The van der Waals surface area contributed by atoms with Gasteiger partial charge in [0.2, 0.25) is 0 Å². The van der Waals surface area contributed by atoms with Crippen LogP contribution in [0.3, 0.4) is 0 Å². The largest absolute Gasteiger partial charge is 0.465 e. The van der Waals surface area contributed by atoms with E-state index >= 15 is 0 Å². The summed E-state index contributed by atoms with van der Waals surface area (Å²) < 4.78 is 9.84. The van der Waals surface area contributed by atoms with E-state index in [1.807, 2.05) is 0 Å². The van der Waals surface area contributed by atoms with Gasteiger partial charge in [0.15, 0.2) is 0 Å². The lowest BCUT2D eigenvalue weighted by atomic mass is 10.1. The predicted octanol–water partition coefficient (Wildman–Crippen LogP) is 2.98. The first-order valence-corrected chi connectivity index (χ1v) is 6.60. The van der Waals surface area contributed by atoms with Crippen LogP contribution in [0.25, 0.3) is 0 Å². The normalized spacial score (nSPS) is 10.2. The summed E-state index contributed by atoms with van der Waals surface area (Å²) in [7, 11) is 0. The van der Waals surface area contributed by atoms with E-state index in [-0.39, 0.29) is 0 Å². The minimum Gasteiger partial charge on any atom is -0.465 e. The third kappa shape index (κ3) is 7.85. The van der Waals surface area contributed by atoms with Crippen LogP contribution in [0.15, 0.2) is 30.3 Å². The van der Waals surface area contributed by atoms with Crippen molar-refractivity contribution in [2.24, 2.45) is 0 Å². The monoisotopic (exact) mass is 250 g/mol. The second-order valence-electron chi connectivity index (χ2n) is 4.23. The van der Waals surface area contributed by atoms with Crippen molar-refractivity contribution in [2.75, 3.05) is 19.8 Å². The first-order chi connectivity index (χ1) is 8.93. The molecule has 1 rings (SSSR count). The molecule has 0 bridgehead atoms. The molecule has 1 aromatic rings. The van der Waals surface area contributed by atoms with Crippen LogP contribution in [0.4, 0.5) is 0 Å². The molecular formula is C15H22O3. The van der Waals surface area contributed by atoms with Crippen molar-refractivity contribution in [1.29, 1.82) is 0 Å². The molecular weight excluding hydrogens is 228 g/mol. The van der Waals surface area contributed by atoms with Gasteiger partial charge in [-0.1, -0.05) is 43.2 Å². The fourth-order valence-electron chi connectivity index (χ4n) is 1.79. The Balaban J connectivity index is 1.83. The lowest BCUT2D eigenvalue weighted by Crippen LogP contribution is -2.04. The zero-order chi connectivity index (χ0) is 12.9. The van der Waals surface area contributed by atoms with E-state index in [1.54, 1.807) is 0 Å². The van der Waals surface area contributed by atoms with Gasteiger partial charge in [-0.25, -0.2) is 0 Å². The number of aryl methyl sites for hydroxylation is 1. The molecule has 0 heterocycles. The van der Waals surface area contributed by atoms with Gasteiger partial charge in [-0.3, -0.25) is 4.79 Å². The molecule has 18 heavy (non-hydrogen) atoms.